The Morgan fingerprint density at radius 1 is 1.69 bits per heavy atom. The molecule has 3 heteroatoms. The van der Waals surface area contributed by atoms with Gasteiger partial charge in [-0.3, -0.25) is 4.68 Å². The fourth-order valence-corrected chi connectivity index (χ4v) is 1.17. The molecule has 0 saturated carbocycles. The van der Waals surface area contributed by atoms with Crippen LogP contribution in [0, 0.1) is 0 Å². The first-order chi connectivity index (χ1) is 6.33. The van der Waals surface area contributed by atoms with Crippen LogP contribution in [0.25, 0.3) is 0 Å². The molecular formula is C10H17N3. The molecule has 0 spiro atoms. The molecule has 1 aromatic rings. The molecule has 0 amide bonds. The topological polar surface area (TPSA) is 29.9 Å². The van der Waals surface area contributed by atoms with Crippen LogP contribution in [0.1, 0.15) is 18.4 Å². The van der Waals surface area contributed by atoms with Crippen molar-refractivity contribution in [2.45, 2.75) is 19.4 Å². The van der Waals surface area contributed by atoms with Gasteiger partial charge in [-0.2, -0.15) is 5.10 Å². The van der Waals surface area contributed by atoms with Crippen molar-refractivity contribution in [1.82, 2.24) is 15.1 Å². The van der Waals surface area contributed by atoms with E-state index in [-0.39, 0.29) is 0 Å². The molecule has 0 aliphatic heterocycles. The maximum absolute atomic E-state index is 4.09. The number of rotatable bonds is 6. The first-order valence-corrected chi connectivity index (χ1v) is 4.62. The smallest absolute Gasteiger partial charge is 0.0534 e. The molecule has 1 N–H and O–H groups in total. The Hall–Kier alpha value is -1.09. The number of aryl methyl sites for hydroxylation is 1. The van der Waals surface area contributed by atoms with E-state index in [0.29, 0.717) is 0 Å². The predicted molar refractivity (Wildman–Crippen MR) is 54.3 cm³/mol. The van der Waals surface area contributed by atoms with Crippen molar-refractivity contribution in [2.75, 3.05) is 6.54 Å². The fourth-order valence-electron chi connectivity index (χ4n) is 1.17. The van der Waals surface area contributed by atoms with Crippen LogP contribution in [0.15, 0.2) is 25.0 Å². The predicted octanol–water partition coefficient (Wildman–Crippen LogP) is 1.48. The molecule has 13 heavy (non-hydrogen) atoms. The molecule has 0 aliphatic carbocycles. The molecule has 1 heterocycles. The standard InChI is InChI=1S/C10H17N3/c1-3-4-5-6-11-7-10-8-12-13(2)9-10/h3,8-9,11H,1,4-7H2,2H3. The number of nitrogens with zero attached hydrogens (tertiary/aromatic N) is 2. The van der Waals surface area contributed by atoms with Crippen molar-refractivity contribution in [2.24, 2.45) is 7.05 Å². The number of aromatic nitrogens is 2. The molecule has 0 fully saturated rings. The second-order valence-electron chi connectivity index (χ2n) is 3.13. The van der Waals surface area contributed by atoms with Crippen molar-refractivity contribution in [3.05, 3.63) is 30.6 Å². The van der Waals surface area contributed by atoms with Gasteiger partial charge in [0.15, 0.2) is 0 Å². The van der Waals surface area contributed by atoms with E-state index in [4.69, 9.17) is 0 Å². The van der Waals surface area contributed by atoms with Crippen molar-refractivity contribution in [1.29, 1.82) is 0 Å². The summed E-state index contributed by atoms with van der Waals surface area (Å²) in [6.45, 7) is 5.63. The van der Waals surface area contributed by atoms with Crippen molar-refractivity contribution < 1.29 is 0 Å². The third-order valence-corrected chi connectivity index (χ3v) is 1.85. The number of hydrogen-bond acceptors (Lipinski definition) is 2. The first kappa shape index (κ1) is 9.99. The van der Waals surface area contributed by atoms with Gasteiger partial charge in [-0.15, -0.1) is 6.58 Å². The van der Waals surface area contributed by atoms with Gasteiger partial charge in [-0.05, 0) is 19.4 Å². The zero-order chi connectivity index (χ0) is 9.52. The van der Waals surface area contributed by atoms with Gasteiger partial charge < -0.3 is 5.32 Å². The van der Waals surface area contributed by atoms with Gasteiger partial charge in [0.05, 0.1) is 6.20 Å². The van der Waals surface area contributed by atoms with Crippen molar-refractivity contribution in [3.8, 4) is 0 Å². The number of unbranched alkanes of at least 4 members (excludes halogenated alkanes) is 1. The van der Waals surface area contributed by atoms with Gasteiger partial charge in [0.1, 0.15) is 0 Å². The molecule has 1 rings (SSSR count). The number of hydrogen-bond donors (Lipinski definition) is 1. The van der Waals surface area contributed by atoms with Crippen LogP contribution in [0.3, 0.4) is 0 Å². The van der Waals surface area contributed by atoms with Gasteiger partial charge >= 0.3 is 0 Å². The monoisotopic (exact) mass is 179 g/mol. The molecule has 3 nitrogen and oxygen atoms in total. The highest BCUT2D eigenvalue weighted by atomic mass is 15.2. The molecule has 72 valence electrons. The summed E-state index contributed by atoms with van der Waals surface area (Å²) >= 11 is 0. The highest BCUT2D eigenvalue weighted by Gasteiger charge is 1.93. The second-order valence-corrected chi connectivity index (χ2v) is 3.13. The Labute approximate surface area is 79.5 Å². The molecule has 0 unspecified atom stereocenters. The lowest BCUT2D eigenvalue weighted by atomic mass is 10.3. The van der Waals surface area contributed by atoms with E-state index < -0.39 is 0 Å². The lowest BCUT2D eigenvalue weighted by molar-refractivity contribution is 0.655. The largest absolute Gasteiger partial charge is 0.313 e. The van der Waals surface area contributed by atoms with Crippen LogP contribution in [-0.2, 0) is 13.6 Å². The maximum Gasteiger partial charge on any atom is 0.0534 e. The highest BCUT2D eigenvalue weighted by Crippen LogP contribution is 1.95. The quantitative estimate of drug-likeness (QED) is 0.529. The summed E-state index contributed by atoms with van der Waals surface area (Å²) in [5, 5.41) is 7.44. The van der Waals surface area contributed by atoms with Gasteiger partial charge in [0.2, 0.25) is 0 Å². The van der Waals surface area contributed by atoms with Crippen molar-refractivity contribution in [3.63, 3.8) is 0 Å². The number of allylic oxidation sites excluding steroid dienone is 1. The third kappa shape index (κ3) is 3.90. The van der Waals surface area contributed by atoms with E-state index in [1.165, 1.54) is 5.56 Å². The average molecular weight is 179 g/mol. The molecule has 0 aliphatic rings. The molecule has 0 aromatic carbocycles. The van der Waals surface area contributed by atoms with Crippen LogP contribution in [-0.4, -0.2) is 16.3 Å². The van der Waals surface area contributed by atoms with Crippen LogP contribution < -0.4 is 5.32 Å². The zero-order valence-corrected chi connectivity index (χ0v) is 8.16. The lowest BCUT2D eigenvalue weighted by Gasteiger charge is -2.00. The summed E-state index contributed by atoms with van der Waals surface area (Å²) in [7, 11) is 1.93. The summed E-state index contributed by atoms with van der Waals surface area (Å²) in [6, 6.07) is 0. The van der Waals surface area contributed by atoms with Gasteiger partial charge in [-0.25, -0.2) is 0 Å². The molecule has 1 aromatic heterocycles. The third-order valence-electron chi connectivity index (χ3n) is 1.85. The van der Waals surface area contributed by atoms with Gasteiger partial charge in [-0.1, -0.05) is 6.08 Å². The second kappa shape index (κ2) is 5.54. The zero-order valence-electron chi connectivity index (χ0n) is 8.16. The minimum atomic E-state index is 0.908. The van der Waals surface area contributed by atoms with Crippen LogP contribution in [0.2, 0.25) is 0 Å². The first-order valence-electron chi connectivity index (χ1n) is 4.62. The Kier molecular flexibility index (Phi) is 4.26. The Bertz CT molecular complexity index is 252. The minimum Gasteiger partial charge on any atom is -0.313 e. The van der Waals surface area contributed by atoms with Gasteiger partial charge in [0.25, 0.3) is 0 Å². The molecule has 0 radical (unpaired) electrons. The summed E-state index contributed by atoms with van der Waals surface area (Å²) in [4.78, 5) is 0. The molecular weight excluding hydrogens is 162 g/mol. The summed E-state index contributed by atoms with van der Waals surface area (Å²) in [5.41, 5.74) is 1.24. The SMILES string of the molecule is C=CCCCNCc1cnn(C)c1. The Balaban J connectivity index is 2.09. The normalized spacial score (nSPS) is 10.2. The van der Waals surface area contributed by atoms with E-state index >= 15 is 0 Å². The van der Waals surface area contributed by atoms with Crippen LogP contribution in [0.5, 0.6) is 0 Å². The van der Waals surface area contributed by atoms with Gasteiger partial charge in [0, 0.05) is 25.4 Å². The number of nitrogens with one attached hydrogen (secondary N) is 1. The average Bonchev–Trinajstić information content (AvgIpc) is 2.51. The van der Waals surface area contributed by atoms with E-state index in [2.05, 4.69) is 17.0 Å². The van der Waals surface area contributed by atoms with E-state index in [9.17, 15) is 0 Å². The minimum absolute atomic E-state index is 0.908. The summed E-state index contributed by atoms with van der Waals surface area (Å²) in [5.74, 6) is 0. The van der Waals surface area contributed by atoms with Crippen LogP contribution >= 0.6 is 0 Å². The van der Waals surface area contributed by atoms with E-state index in [1.807, 2.05) is 30.2 Å². The lowest BCUT2D eigenvalue weighted by Crippen LogP contribution is -2.13. The van der Waals surface area contributed by atoms with Crippen molar-refractivity contribution >= 4 is 0 Å². The van der Waals surface area contributed by atoms with Crippen LogP contribution in [0.4, 0.5) is 0 Å². The summed E-state index contributed by atoms with van der Waals surface area (Å²) in [6.07, 6.45) is 8.11. The summed E-state index contributed by atoms with van der Waals surface area (Å²) < 4.78 is 1.82. The van der Waals surface area contributed by atoms with E-state index in [1.54, 1.807) is 0 Å². The fraction of sp³-hybridized carbons (Fsp3) is 0.500. The molecule has 0 atom stereocenters. The Morgan fingerprint density at radius 3 is 3.15 bits per heavy atom. The maximum atomic E-state index is 4.09. The highest BCUT2D eigenvalue weighted by molar-refractivity contribution is 5.02. The molecule has 0 saturated heterocycles. The Morgan fingerprint density at radius 2 is 2.54 bits per heavy atom. The molecule has 0 bridgehead atoms. The van der Waals surface area contributed by atoms with E-state index in [0.717, 1.165) is 25.9 Å².